The first-order valence-corrected chi connectivity index (χ1v) is 16.5. The number of aromatic nitrogens is 3. The number of anilines is 3. The van der Waals surface area contributed by atoms with E-state index in [0.29, 0.717) is 26.6 Å². The first-order chi connectivity index (χ1) is 24.5. The predicted molar refractivity (Wildman–Crippen MR) is 186 cm³/mol. The number of furan rings is 1. The molecule has 0 atom stereocenters. The fraction of sp³-hybridized carbons (Fsp3) is 0.0513. The summed E-state index contributed by atoms with van der Waals surface area (Å²) >= 11 is 1.35. The monoisotopic (exact) mass is 704 g/mol. The molecule has 12 heteroatoms. The average Bonchev–Trinajstić information content (AvgIpc) is 3.46. The van der Waals surface area contributed by atoms with Gasteiger partial charge in [0.15, 0.2) is 0 Å². The zero-order valence-corrected chi connectivity index (χ0v) is 26.6. The van der Waals surface area contributed by atoms with Crippen LogP contribution in [0.4, 0.5) is 43.7 Å². The van der Waals surface area contributed by atoms with Gasteiger partial charge in [-0.1, -0.05) is 84.6 Å². The summed E-state index contributed by atoms with van der Waals surface area (Å²) in [4.78, 5) is 12.3. The number of nitrogens with zero attached hydrogens (tertiary/aromatic N) is 4. The molecule has 1 aliphatic rings. The van der Waals surface area contributed by atoms with Crippen molar-refractivity contribution in [3.63, 3.8) is 0 Å². The highest BCUT2D eigenvalue weighted by Gasteiger charge is 2.43. The summed E-state index contributed by atoms with van der Waals surface area (Å²) in [5, 5.41) is 9.45. The fourth-order valence-corrected chi connectivity index (χ4v) is 8.20. The lowest BCUT2D eigenvalue weighted by molar-refractivity contribution is -0.155. The van der Waals surface area contributed by atoms with Gasteiger partial charge in [0.2, 0.25) is 17.6 Å². The highest BCUT2D eigenvalue weighted by molar-refractivity contribution is 7.99. The maximum atomic E-state index is 14.0. The summed E-state index contributed by atoms with van der Waals surface area (Å²) in [6, 6.07) is 34.7. The second kappa shape index (κ2) is 10.3. The quantitative estimate of drug-likeness (QED) is 0.125. The van der Waals surface area contributed by atoms with Crippen molar-refractivity contribution in [3.8, 4) is 0 Å². The SMILES string of the molecule is FC(F)(F)c1nc(N2c3cc4ccccc4cc3Sc3cc4c(cc32)oc2cc3c5ccccc5c5ccccc5c3cc24)nc(C(F)(F)F)n1. The molecule has 0 spiro atoms. The molecule has 0 aliphatic carbocycles. The van der Waals surface area contributed by atoms with E-state index in [0.717, 1.165) is 53.9 Å². The Morgan fingerprint density at radius 1 is 0.471 bits per heavy atom. The van der Waals surface area contributed by atoms with Gasteiger partial charge in [-0.05, 0) is 73.4 Å². The molecule has 0 bridgehead atoms. The molecule has 51 heavy (non-hydrogen) atoms. The molecule has 0 radical (unpaired) electrons. The Balaban J connectivity index is 1.27. The van der Waals surface area contributed by atoms with Crippen LogP contribution in [-0.4, -0.2) is 15.0 Å². The maximum Gasteiger partial charge on any atom is 0.451 e. The Kier molecular flexibility index (Phi) is 6.07. The Bertz CT molecular complexity index is 2920. The first kappa shape index (κ1) is 30.0. The van der Waals surface area contributed by atoms with Gasteiger partial charge in [-0.3, -0.25) is 4.90 Å². The van der Waals surface area contributed by atoms with Crippen LogP contribution >= 0.6 is 11.8 Å². The molecule has 7 aromatic carbocycles. The van der Waals surface area contributed by atoms with Gasteiger partial charge >= 0.3 is 12.4 Å². The third kappa shape index (κ3) is 4.55. The molecule has 3 heterocycles. The van der Waals surface area contributed by atoms with E-state index in [1.165, 1.54) is 16.7 Å². The van der Waals surface area contributed by atoms with Crippen LogP contribution in [0, 0.1) is 0 Å². The third-order valence-electron chi connectivity index (χ3n) is 9.28. The highest BCUT2D eigenvalue weighted by Crippen LogP contribution is 2.54. The Morgan fingerprint density at radius 3 is 1.55 bits per heavy atom. The van der Waals surface area contributed by atoms with Crippen molar-refractivity contribution in [1.29, 1.82) is 0 Å². The second-order valence-electron chi connectivity index (χ2n) is 12.3. The Hall–Kier alpha value is -5.88. The van der Waals surface area contributed by atoms with E-state index in [4.69, 9.17) is 4.42 Å². The number of benzene rings is 7. The zero-order chi connectivity index (χ0) is 34.8. The van der Waals surface area contributed by atoms with Gasteiger partial charge in [0.1, 0.15) is 11.2 Å². The molecule has 248 valence electrons. The summed E-state index contributed by atoms with van der Waals surface area (Å²) in [5.41, 5.74) is 1.56. The van der Waals surface area contributed by atoms with Crippen molar-refractivity contribution in [2.45, 2.75) is 22.1 Å². The minimum Gasteiger partial charge on any atom is -0.456 e. The minimum absolute atomic E-state index is 0.266. The van der Waals surface area contributed by atoms with Crippen LogP contribution in [0.25, 0.3) is 65.0 Å². The topological polar surface area (TPSA) is 55.1 Å². The molecule has 0 unspecified atom stereocenters. The van der Waals surface area contributed by atoms with E-state index in [1.54, 1.807) is 18.2 Å². The summed E-state index contributed by atoms with van der Waals surface area (Å²) in [6.45, 7) is 0. The summed E-state index contributed by atoms with van der Waals surface area (Å²) in [6.07, 6.45) is -10.5. The first-order valence-electron chi connectivity index (χ1n) is 15.7. The largest absolute Gasteiger partial charge is 0.456 e. The molecular formula is C39H18F6N4OS. The smallest absolute Gasteiger partial charge is 0.451 e. The van der Waals surface area contributed by atoms with Crippen molar-refractivity contribution < 1.29 is 30.8 Å². The van der Waals surface area contributed by atoms with Gasteiger partial charge in [0.25, 0.3) is 0 Å². The van der Waals surface area contributed by atoms with Gasteiger partial charge in [0.05, 0.1) is 11.4 Å². The molecule has 0 saturated heterocycles. The molecule has 0 amide bonds. The van der Waals surface area contributed by atoms with Crippen LogP contribution in [0.5, 0.6) is 0 Å². The molecule has 1 aliphatic heterocycles. The number of rotatable bonds is 1. The molecule has 9 aromatic rings. The van der Waals surface area contributed by atoms with Gasteiger partial charge in [-0.15, -0.1) is 0 Å². The molecule has 10 rings (SSSR count). The lowest BCUT2D eigenvalue weighted by Gasteiger charge is -2.32. The van der Waals surface area contributed by atoms with E-state index >= 15 is 0 Å². The normalized spacial score (nSPS) is 13.6. The third-order valence-corrected chi connectivity index (χ3v) is 10.4. The average molecular weight is 705 g/mol. The van der Waals surface area contributed by atoms with Crippen LogP contribution in [0.1, 0.15) is 11.6 Å². The number of hydrogen-bond acceptors (Lipinski definition) is 6. The Morgan fingerprint density at radius 2 is 0.941 bits per heavy atom. The number of alkyl halides is 6. The standard InChI is InChI=1S/C39H18F6N4OS/c40-38(41,42)35-46-36(39(43,44)45)48-37(47-35)49-29-13-19-7-1-2-8-20(19)14-33(29)51-34-17-28-27-15-25-23-11-5-3-9-21(23)22-10-4-6-12-24(22)26(25)16-31(27)50-32(28)18-30(34)49/h1-18H. The maximum absolute atomic E-state index is 14.0. The molecule has 0 fully saturated rings. The second-order valence-corrected chi connectivity index (χ2v) is 13.4. The molecule has 2 aromatic heterocycles. The highest BCUT2D eigenvalue weighted by atomic mass is 32.2. The van der Waals surface area contributed by atoms with Gasteiger partial charge in [0, 0.05) is 26.6 Å². The van der Waals surface area contributed by atoms with Crippen molar-refractivity contribution in [3.05, 3.63) is 121 Å². The summed E-state index contributed by atoms with van der Waals surface area (Å²) < 4.78 is 90.3. The van der Waals surface area contributed by atoms with Crippen molar-refractivity contribution in [2.24, 2.45) is 0 Å². The predicted octanol–water partition coefficient (Wildman–Crippen LogP) is 12.4. The van der Waals surface area contributed by atoms with E-state index in [1.807, 2.05) is 60.7 Å². The zero-order valence-electron chi connectivity index (χ0n) is 25.8. The number of halogens is 6. The van der Waals surface area contributed by atoms with Crippen LogP contribution in [0.3, 0.4) is 0 Å². The Labute approximate surface area is 287 Å². The number of hydrogen-bond donors (Lipinski definition) is 0. The molecule has 0 N–H and O–H groups in total. The van der Waals surface area contributed by atoms with Crippen molar-refractivity contribution >= 4 is 94.1 Å². The van der Waals surface area contributed by atoms with Crippen LogP contribution in [0.2, 0.25) is 0 Å². The molecular weight excluding hydrogens is 687 g/mol. The summed E-state index contributed by atoms with van der Waals surface area (Å²) in [7, 11) is 0. The minimum atomic E-state index is -5.27. The van der Waals surface area contributed by atoms with Crippen LogP contribution in [-0.2, 0) is 12.4 Å². The van der Waals surface area contributed by atoms with E-state index in [9.17, 15) is 26.3 Å². The van der Waals surface area contributed by atoms with Crippen LogP contribution < -0.4 is 4.90 Å². The van der Waals surface area contributed by atoms with Crippen LogP contribution in [0.15, 0.2) is 123 Å². The van der Waals surface area contributed by atoms with Crippen molar-refractivity contribution in [1.82, 2.24) is 15.0 Å². The fourth-order valence-electron chi connectivity index (χ4n) is 7.09. The van der Waals surface area contributed by atoms with Gasteiger partial charge in [-0.2, -0.15) is 36.3 Å². The molecule has 5 nitrogen and oxygen atoms in total. The number of fused-ring (bicyclic) bond motifs is 12. The van der Waals surface area contributed by atoms with Crippen molar-refractivity contribution in [2.75, 3.05) is 4.90 Å². The van der Waals surface area contributed by atoms with Gasteiger partial charge in [-0.25, -0.2) is 4.98 Å². The lowest BCUT2D eigenvalue weighted by atomic mass is 9.93. The lowest BCUT2D eigenvalue weighted by Crippen LogP contribution is -2.24. The van der Waals surface area contributed by atoms with E-state index < -0.39 is 29.9 Å². The van der Waals surface area contributed by atoms with E-state index in [-0.39, 0.29) is 5.69 Å². The van der Waals surface area contributed by atoms with E-state index in [2.05, 4.69) is 45.3 Å². The van der Waals surface area contributed by atoms with Gasteiger partial charge < -0.3 is 4.42 Å². The molecule has 0 saturated carbocycles. The summed E-state index contributed by atoms with van der Waals surface area (Å²) in [5.74, 6) is -4.71.